The highest BCUT2D eigenvalue weighted by Gasteiger charge is 2.04. The van der Waals surface area contributed by atoms with Gasteiger partial charge in [-0.15, -0.1) is 0 Å². The van der Waals surface area contributed by atoms with E-state index >= 15 is 0 Å². The molecule has 0 N–H and O–H groups in total. The highest BCUT2D eigenvalue weighted by molar-refractivity contribution is 5.63. The molecule has 0 radical (unpaired) electrons. The molecule has 2 aromatic heterocycles. The van der Waals surface area contributed by atoms with Crippen molar-refractivity contribution < 1.29 is 4.39 Å². The van der Waals surface area contributed by atoms with Gasteiger partial charge in [-0.05, 0) is 30.7 Å². The van der Waals surface area contributed by atoms with E-state index in [1.807, 2.05) is 6.07 Å². The number of aryl methyl sites for hydroxylation is 1. The molecule has 4 heteroatoms. The van der Waals surface area contributed by atoms with Crippen LogP contribution >= 0.6 is 0 Å². The Bertz CT molecular complexity index is 573. The number of hydrogen-bond donors (Lipinski definition) is 0. The van der Waals surface area contributed by atoms with Gasteiger partial charge in [-0.25, -0.2) is 9.37 Å². The summed E-state index contributed by atoms with van der Waals surface area (Å²) in [6.07, 6.45) is 3.10. The monoisotopic (exact) mass is 213 g/mol. The standard InChI is InChI=1S/C12H8FN3/c1-8-12(13)5-10(7-16-8)9-2-3-15-11(4-9)6-14/h2-5,7H,1H3. The van der Waals surface area contributed by atoms with Crippen molar-refractivity contribution in [2.24, 2.45) is 0 Å². The van der Waals surface area contributed by atoms with Gasteiger partial charge in [0.2, 0.25) is 0 Å². The van der Waals surface area contributed by atoms with Crippen LogP contribution in [0.3, 0.4) is 0 Å². The van der Waals surface area contributed by atoms with Crippen molar-refractivity contribution in [1.29, 1.82) is 5.26 Å². The SMILES string of the molecule is Cc1ncc(-c2ccnc(C#N)c2)cc1F. The fraction of sp³-hybridized carbons (Fsp3) is 0.0833. The van der Waals surface area contributed by atoms with Crippen LogP contribution in [0, 0.1) is 24.1 Å². The van der Waals surface area contributed by atoms with Crippen LogP contribution in [0.4, 0.5) is 4.39 Å². The summed E-state index contributed by atoms with van der Waals surface area (Å²) in [4.78, 5) is 7.78. The van der Waals surface area contributed by atoms with E-state index in [2.05, 4.69) is 9.97 Å². The maximum Gasteiger partial charge on any atom is 0.145 e. The number of nitriles is 1. The van der Waals surface area contributed by atoms with Crippen LogP contribution in [0.2, 0.25) is 0 Å². The fourth-order valence-corrected chi connectivity index (χ4v) is 1.34. The van der Waals surface area contributed by atoms with E-state index in [0.717, 1.165) is 5.56 Å². The summed E-state index contributed by atoms with van der Waals surface area (Å²) in [6, 6.07) is 6.66. The van der Waals surface area contributed by atoms with Gasteiger partial charge in [0.1, 0.15) is 17.6 Å². The molecule has 0 amide bonds. The Kier molecular flexibility index (Phi) is 2.61. The molecule has 0 bridgehead atoms. The first-order valence-electron chi connectivity index (χ1n) is 4.69. The van der Waals surface area contributed by atoms with Gasteiger partial charge in [-0.1, -0.05) is 0 Å². The number of hydrogen-bond acceptors (Lipinski definition) is 3. The van der Waals surface area contributed by atoms with Gasteiger partial charge < -0.3 is 0 Å². The number of rotatable bonds is 1. The second-order valence-electron chi connectivity index (χ2n) is 3.33. The second-order valence-corrected chi connectivity index (χ2v) is 3.33. The lowest BCUT2D eigenvalue weighted by molar-refractivity contribution is 0.610. The van der Waals surface area contributed by atoms with Gasteiger partial charge in [0.25, 0.3) is 0 Å². The average Bonchev–Trinajstić information content (AvgIpc) is 2.33. The first-order chi connectivity index (χ1) is 7.70. The Morgan fingerprint density at radius 1 is 1.25 bits per heavy atom. The van der Waals surface area contributed by atoms with Crippen LogP contribution < -0.4 is 0 Å². The average molecular weight is 213 g/mol. The molecule has 0 fully saturated rings. The third-order valence-corrected chi connectivity index (χ3v) is 2.23. The lowest BCUT2D eigenvalue weighted by Gasteiger charge is -2.02. The first kappa shape index (κ1) is 10.2. The molecule has 16 heavy (non-hydrogen) atoms. The van der Waals surface area contributed by atoms with Crippen LogP contribution in [-0.4, -0.2) is 9.97 Å². The Labute approximate surface area is 92.2 Å². The van der Waals surface area contributed by atoms with Gasteiger partial charge in [-0.3, -0.25) is 4.98 Å². The Morgan fingerprint density at radius 2 is 2.06 bits per heavy atom. The maximum absolute atomic E-state index is 13.3. The summed E-state index contributed by atoms with van der Waals surface area (Å²) < 4.78 is 13.3. The topological polar surface area (TPSA) is 49.6 Å². The molecule has 0 atom stereocenters. The minimum Gasteiger partial charge on any atom is -0.258 e. The molecule has 2 rings (SSSR count). The van der Waals surface area contributed by atoms with E-state index in [4.69, 9.17) is 5.26 Å². The molecule has 78 valence electrons. The number of halogens is 1. The molecule has 0 aromatic carbocycles. The van der Waals surface area contributed by atoms with Gasteiger partial charge >= 0.3 is 0 Å². The van der Waals surface area contributed by atoms with Gasteiger partial charge in [0, 0.05) is 18.0 Å². The lowest BCUT2D eigenvalue weighted by Crippen LogP contribution is -1.90. The molecule has 0 saturated heterocycles. The summed E-state index contributed by atoms with van der Waals surface area (Å²) in [5, 5.41) is 8.71. The molecule has 2 heterocycles. The normalized spacial score (nSPS) is 9.81. The zero-order valence-corrected chi connectivity index (χ0v) is 8.61. The minimum absolute atomic E-state index is 0.304. The molecule has 2 aromatic rings. The quantitative estimate of drug-likeness (QED) is 0.731. The third-order valence-electron chi connectivity index (χ3n) is 2.23. The number of nitrogens with zero attached hydrogens (tertiary/aromatic N) is 3. The van der Waals surface area contributed by atoms with E-state index in [9.17, 15) is 4.39 Å². The van der Waals surface area contributed by atoms with Crippen molar-refractivity contribution >= 4 is 0 Å². The number of aromatic nitrogens is 2. The van der Waals surface area contributed by atoms with E-state index in [1.54, 1.807) is 25.3 Å². The highest BCUT2D eigenvalue weighted by atomic mass is 19.1. The molecular formula is C12H8FN3. The summed E-state index contributed by atoms with van der Waals surface area (Å²) in [7, 11) is 0. The smallest absolute Gasteiger partial charge is 0.145 e. The van der Waals surface area contributed by atoms with Crippen molar-refractivity contribution in [3.8, 4) is 17.2 Å². The largest absolute Gasteiger partial charge is 0.258 e. The van der Waals surface area contributed by atoms with E-state index in [-0.39, 0.29) is 5.82 Å². The van der Waals surface area contributed by atoms with E-state index < -0.39 is 0 Å². The van der Waals surface area contributed by atoms with Gasteiger partial charge in [0.15, 0.2) is 0 Å². The van der Waals surface area contributed by atoms with Crippen molar-refractivity contribution in [3.05, 3.63) is 47.8 Å². The maximum atomic E-state index is 13.3. The zero-order valence-electron chi connectivity index (χ0n) is 8.61. The molecule has 0 aliphatic carbocycles. The highest BCUT2D eigenvalue weighted by Crippen LogP contribution is 2.20. The molecule has 3 nitrogen and oxygen atoms in total. The summed E-state index contributed by atoms with van der Waals surface area (Å²) >= 11 is 0. The summed E-state index contributed by atoms with van der Waals surface area (Å²) in [6.45, 7) is 1.60. The first-order valence-corrected chi connectivity index (χ1v) is 4.69. The molecular weight excluding hydrogens is 205 g/mol. The van der Waals surface area contributed by atoms with Crippen LogP contribution in [0.15, 0.2) is 30.6 Å². The van der Waals surface area contributed by atoms with Crippen LogP contribution in [0.25, 0.3) is 11.1 Å². The summed E-state index contributed by atoms with van der Waals surface area (Å²) in [5.41, 5.74) is 2.04. The Hall–Kier alpha value is -2.28. The van der Waals surface area contributed by atoms with E-state index in [1.165, 1.54) is 12.3 Å². The van der Waals surface area contributed by atoms with Crippen LogP contribution in [-0.2, 0) is 0 Å². The Morgan fingerprint density at radius 3 is 2.75 bits per heavy atom. The van der Waals surface area contributed by atoms with Crippen molar-refractivity contribution in [3.63, 3.8) is 0 Å². The van der Waals surface area contributed by atoms with Crippen molar-refractivity contribution in [1.82, 2.24) is 9.97 Å². The van der Waals surface area contributed by atoms with Gasteiger partial charge in [-0.2, -0.15) is 5.26 Å². The second kappa shape index (κ2) is 4.07. The van der Waals surface area contributed by atoms with Gasteiger partial charge in [0.05, 0.1) is 5.69 Å². The predicted molar refractivity (Wildman–Crippen MR) is 56.9 cm³/mol. The van der Waals surface area contributed by atoms with E-state index in [0.29, 0.717) is 17.0 Å². The summed E-state index contributed by atoms with van der Waals surface area (Å²) in [5.74, 6) is -0.354. The molecule has 0 saturated carbocycles. The van der Waals surface area contributed by atoms with Crippen molar-refractivity contribution in [2.45, 2.75) is 6.92 Å². The minimum atomic E-state index is -0.354. The lowest BCUT2D eigenvalue weighted by atomic mass is 10.1. The number of pyridine rings is 2. The Balaban J connectivity index is 2.51. The van der Waals surface area contributed by atoms with Crippen LogP contribution in [0.1, 0.15) is 11.4 Å². The molecule has 0 aliphatic heterocycles. The predicted octanol–water partition coefficient (Wildman–Crippen LogP) is 2.46. The molecule has 0 spiro atoms. The zero-order chi connectivity index (χ0) is 11.5. The molecule has 0 unspecified atom stereocenters. The van der Waals surface area contributed by atoms with Crippen molar-refractivity contribution in [2.75, 3.05) is 0 Å². The fourth-order valence-electron chi connectivity index (χ4n) is 1.34. The third kappa shape index (κ3) is 1.89. The molecule has 0 aliphatic rings. The van der Waals surface area contributed by atoms with Crippen LogP contribution in [0.5, 0.6) is 0 Å².